The highest BCUT2D eigenvalue weighted by Gasteiger charge is 2.35. The molecule has 3 N–H and O–H groups in total. The molecular weight excluding hydrogens is 224 g/mol. The van der Waals surface area contributed by atoms with Crippen LogP contribution >= 0.6 is 0 Å². The fourth-order valence-corrected chi connectivity index (χ4v) is 2.77. The van der Waals surface area contributed by atoms with E-state index in [0.717, 1.165) is 12.8 Å². The zero-order valence-corrected chi connectivity index (χ0v) is 12.6. The number of nitrogens with one attached hydrogen (secondary N) is 1. The quantitative estimate of drug-likeness (QED) is 0.810. The molecule has 1 amide bonds. The Hall–Kier alpha value is -0.570. The van der Waals surface area contributed by atoms with Crippen LogP contribution in [0.25, 0.3) is 0 Å². The third-order valence-corrected chi connectivity index (χ3v) is 4.77. The largest absolute Gasteiger partial charge is 0.352 e. The van der Waals surface area contributed by atoms with Crippen molar-refractivity contribution in [2.75, 3.05) is 0 Å². The lowest BCUT2D eigenvalue weighted by Gasteiger charge is -2.42. The van der Waals surface area contributed by atoms with Crippen LogP contribution in [-0.2, 0) is 4.79 Å². The Balaban J connectivity index is 2.56. The number of hydrogen-bond donors (Lipinski definition) is 2. The summed E-state index contributed by atoms with van der Waals surface area (Å²) in [6.07, 6.45) is 4.66. The van der Waals surface area contributed by atoms with Gasteiger partial charge >= 0.3 is 0 Å². The zero-order chi connectivity index (χ0) is 13.9. The molecule has 1 saturated carbocycles. The first-order valence-corrected chi connectivity index (χ1v) is 7.32. The summed E-state index contributed by atoms with van der Waals surface area (Å²) in [4.78, 5) is 12.0. The Morgan fingerprint density at radius 1 is 1.33 bits per heavy atom. The van der Waals surface area contributed by atoms with Gasteiger partial charge in [-0.05, 0) is 36.5 Å². The van der Waals surface area contributed by atoms with E-state index in [9.17, 15) is 4.79 Å². The normalized spacial score (nSPS) is 30.6. The molecule has 0 aliphatic heterocycles. The summed E-state index contributed by atoms with van der Waals surface area (Å²) in [5, 5.41) is 3.15. The number of amides is 1. The van der Waals surface area contributed by atoms with Crippen molar-refractivity contribution in [2.45, 2.75) is 72.4 Å². The SMILES string of the molecule is CC(C)[C@H](N)C(=O)NC1CCCC(C)(C(C)C)C1. The second-order valence-electron chi connectivity index (χ2n) is 6.88. The third-order valence-electron chi connectivity index (χ3n) is 4.77. The second-order valence-corrected chi connectivity index (χ2v) is 6.88. The van der Waals surface area contributed by atoms with Crippen LogP contribution in [0.2, 0.25) is 0 Å². The molecule has 1 rings (SSSR count). The lowest BCUT2D eigenvalue weighted by Crippen LogP contribution is -2.50. The van der Waals surface area contributed by atoms with Crippen molar-refractivity contribution in [1.82, 2.24) is 5.32 Å². The highest BCUT2D eigenvalue weighted by molar-refractivity contribution is 5.82. The molecule has 0 heterocycles. The predicted octanol–water partition coefficient (Wildman–Crippen LogP) is 2.69. The maximum atomic E-state index is 12.0. The van der Waals surface area contributed by atoms with E-state index in [4.69, 9.17) is 5.73 Å². The standard InChI is InChI=1S/C15H30N2O/c1-10(2)13(16)14(18)17-12-7-6-8-15(5,9-12)11(3)4/h10-13H,6-9,16H2,1-5H3,(H,17,18)/t12?,13-,15?/m0/s1. The van der Waals surface area contributed by atoms with Gasteiger partial charge in [-0.3, -0.25) is 4.79 Å². The molecule has 3 nitrogen and oxygen atoms in total. The zero-order valence-electron chi connectivity index (χ0n) is 12.6. The van der Waals surface area contributed by atoms with Crippen LogP contribution in [0.15, 0.2) is 0 Å². The van der Waals surface area contributed by atoms with Crippen LogP contribution in [0.5, 0.6) is 0 Å². The van der Waals surface area contributed by atoms with Gasteiger partial charge in [-0.1, -0.05) is 41.0 Å². The second kappa shape index (κ2) is 6.05. The molecule has 0 aromatic carbocycles. The van der Waals surface area contributed by atoms with E-state index in [1.165, 1.54) is 12.8 Å². The molecule has 0 spiro atoms. The van der Waals surface area contributed by atoms with E-state index in [-0.39, 0.29) is 17.9 Å². The molecule has 3 atom stereocenters. The molecule has 0 saturated heterocycles. The highest BCUT2D eigenvalue weighted by atomic mass is 16.2. The molecule has 1 aliphatic carbocycles. The van der Waals surface area contributed by atoms with Gasteiger partial charge in [-0.15, -0.1) is 0 Å². The van der Waals surface area contributed by atoms with Crippen molar-refractivity contribution in [1.29, 1.82) is 0 Å². The monoisotopic (exact) mass is 254 g/mol. The molecule has 18 heavy (non-hydrogen) atoms. The summed E-state index contributed by atoms with van der Waals surface area (Å²) >= 11 is 0. The minimum Gasteiger partial charge on any atom is -0.352 e. The van der Waals surface area contributed by atoms with Crippen LogP contribution in [0, 0.1) is 17.3 Å². The summed E-state index contributed by atoms with van der Waals surface area (Å²) < 4.78 is 0. The number of hydrogen-bond acceptors (Lipinski definition) is 2. The Bertz CT molecular complexity index is 288. The first-order chi connectivity index (χ1) is 8.26. The van der Waals surface area contributed by atoms with Gasteiger partial charge in [0, 0.05) is 6.04 Å². The average molecular weight is 254 g/mol. The van der Waals surface area contributed by atoms with Crippen molar-refractivity contribution in [2.24, 2.45) is 23.0 Å². The Morgan fingerprint density at radius 2 is 1.94 bits per heavy atom. The predicted molar refractivity (Wildman–Crippen MR) is 76.2 cm³/mol. The van der Waals surface area contributed by atoms with Gasteiger partial charge in [0.2, 0.25) is 5.91 Å². The highest BCUT2D eigenvalue weighted by Crippen LogP contribution is 2.41. The number of nitrogens with two attached hydrogens (primary N) is 1. The maximum absolute atomic E-state index is 12.0. The van der Waals surface area contributed by atoms with Crippen molar-refractivity contribution in [3.05, 3.63) is 0 Å². The summed E-state index contributed by atoms with van der Waals surface area (Å²) in [6.45, 7) is 10.9. The molecule has 0 bridgehead atoms. The minimum atomic E-state index is -0.378. The first-order valence-electron chi connectivity index (χ1n) is 7.32. The van der Waals surface area contributed by atoms with Gasteiger partial charge in [-0.2, -0.15) is 0 Å². The molecule has 1 aliphatic rings. The molecule has 3 heteroatoms. The van der Waals surface area contributed by atoms with Crippen LogP contribution in [0.3, 0.4) is 0 Å². The summed E-state index contributed by atoms with van der Waals surface area (Å²) in [5.74, 6) is 0.879. The van der Waals surface area contributed by atoms with Crippen molar-refractivity contribution >= 4 is 5.91 Å². The maximum Gasteiger partial charge on any atom is 0.237 e. The molecule has 0 aromatic heterocycles. The smallest absolute Gasteiger partial charge is 0.237 e. The number of rotatable bonds is 4. The lowest BCUT2D eigenvalue weighted by molar-refractivity contribution is -0.124. The molecule has 1 fully saturated rings. The topological polar surface area (TPSA) is 55.1 Å². The van der Waals surface area contributed by atoms with Crippen molar-refractivity contribution < 1.29 is 4.79 Å². The first kappa shape index (κ1) is 15.5. The summed E-state index contributed by atoms with van der Waals surface area (Å²) in [7, 11) is 0. The van der Waals surface area contributed by atoms with Crippen LogP contribution in [0.4, 0.5) is 0 Å². The Kier molecular flexibility index (Phi) is 5.20. The van der Waals surface area contributed by atoms with E-state index in [1.54, 1.807) is 0 Å². The molecule has 106 valence electrons. The summed E-state index contributed by atoms with van der Waals surface area (Å²) in [6, 6.07) is -0.0688. The Morgan fingerprint density at radius 3 is 2.44 bits per heavy atom. The third kappa shape index (κ3) is 3.71. The van der Waals surface area contributed by atoms with Gasteiger partial charge in [-0.25, -0.2) is 0 Å². The van der Waals surface area contributed by atoms with Gasteiger partial charge in [0.05, 0.1) is 6.04 Å². The van der Waals surface area contributed by atoms with Crippen molar-refractivity contribution in [3.63, 3.8) is 0 Å². The fourth-order valence-electron chi connectivity index (χ4n) is 2.77. The lowest BCUT2D eigenvalue weighted by atomic mass is 9.67. The van der Waals surface area contributed by atoms with Gasteiger partial charge in [0.15, 0.2) is 0 Å². The van der Waals surface area contributed by atoms with E-state index < -0.39 is 0 Å². The van der Waals surface area contributed by atoms with Gasteiger partial charge < -0.3 is 11.1 Å². The summed E-state index contributed by atoms with van der Waals surface area (Å²) in [5.41, 5.74) is 6.25. The average Bonchev–Trinajstić information content (AvgIpc) is 2.27. The minimum absolute atomic E-state index is 0.0167. The van der Waals surface area contributed by atoms with Crippen molar-refractivity contribution in [3.8, 4) is 0 Å². The van der Waals surface area contributed by atoms with E-state index in [1.807, 2.05) is 13.8 Å². The van der Waals surface area contributed by atoms with Crippen LogP contribution in [0.1, 0.15) is 60.3 Å². The van der Waals surface area contributed by atoms with E-state index in [2.05, 4.69) is 26.1 Å². The molecular formula is C15H30N2O. The number of carbonyl (C=O) groups excluding carboxylic acids is 1. The van der Waals surface area contributed by atoms with Gasteiger partial charge in [0.1, 0.15) is 0 Å². The van der Waals surface area contributed by atoms with Crippen LogP contribution in [-0.4, -0.2) is 18.0 Å². The Labute approximate surface area is 112 Å². The van der Waals surface area contributed by atoms with E-state index >= 15 is 0 Å². The molecule has 2 unspecified atom stereocenters. The van der Waals surface area contributed by atoms with E-state index in [0.29, 0.717) is 17.4 Å². The van der Waals surface area contributed by atoms with Crippen LogP contribution < -0.4 is 11.1 Å². The fraction of sp³-hybridized carbons (Fsp3) is 0.933. The van der Waals surface area contributed by atoms with Gasteiger partial charge in [0.25, 0.3) is 0 Å². The molecule has 0 radical (unpaired) electrons. The number of carbonyl (C=O) groups is 1. The molecule has 0 aromatic rings.